The quantitative estimate of drug-likeness (QED) is 0.589. The summed E-state index contributed by atoms with van der Waals surface area (Å²) in [4.78, 5) is 22.1. The van der Waals surface area contributed by atoms with E-state index >= 15 is 0 Å². The number of rotatable bonds is 6. The zero-order chi connectivity index (χ0) is 13.5. The highest BCUT2D eigenvalue weighted by Crippen LogP contribution is 2.05. The van der Waals surface area contributed by atoms with Gasteiger partial charge in [-0.3, -0.25) is 4.79 Å². The van der Waals surface area contributed by atoms with Crippen molar-refractivity contribution in [2.75, 3.05) is 13.1 Å². The fraction of sp³-hybridized carbons (Fsp3) is 0.818. The standard InChI is InChI=1S/C11H23N3O3/c1-5-8(9(12)15)13-6-7-14-10(16)17-11(2,3)4/h8,13H,5-7H2,1-4H3,(H2,12,15)(H,14,16). The van der Waals surface area contributed by atoms with Crippen molar-refractivity contribution in [3.63, 3.8) is 0 Å². The van der Waals surface area contributed by atoms with E-state index in [1.165, 1.54) is 0 Å². The van der Waals surface area contributed by atoms with Crippen LogP contribution in [0.3, 0.4) is 0 Å². The van der Waals surface area contributed by atoms with Crippen molar-refractivity contribution in [1.82, 2.24) is 10.6 Å². The summed E-state index contributed by atoms with van der Waals surface area (Å²) in [6.07, 6.45) is 0.160. The van der Waals surface area contributed by atoms with Gasteiger partial charge < -0.3 is 21.1 Å². The number of hydrogen-bond acceptors (Lipinski definition) is 4. The fourth-order valence-corrected chi connectivity index (χ4v) is 1.17. The van der Waals surface area contributed by atoms with Gasteiger partial charge in [0.2, 0.25) is 5.91 Å². The van der Waals surface area contributed by atoms with E-state index in [1.54, 1.807) is 20.8 Å². The van der Waals surface area contributed by atoms with E-state index in [2.05, 4.69) is 10.6 Å². The molecular weight excluding hydrogens is 222 g/mol. The Balaban J connectivity index is 3.71. The van der Waals surface area contributed by atoms with Gasteiger partial charge in [0.15, 0.2) is 0 Å². The summed E-state index contributed by atoms with van der Waals surface area (Å²) in [7, 11) is 0. The molecule has 0 aromatic carbocycles. The Bertz CT molecular complexity index is 261. The van der Waals surface area contributed by atoms with E-state index < -0.39 is 11.7 Å². The number of carbonyl (C=O) groups excluding carboxylic acids is 2. The summed E-state index contributed by atoms with van der Waals surface area (Å²) in [5.41, 5.74) is 4.66. The lowest BCUT2D eigenvalue weighted by atomic mass is 10.2. The van der Waals surface area contributed by atoms with Crippen LogP contribution in [0.1, 0.15) is 34.1 Å². The number of carbonyl (C=O) groups is 2. The first-order valence-corrected chi connectivity index (χ1v) is 5.75. The Kier molecular flexibility index (Phi) is 6.57. The van der Waals surface area contributed by atoms with Gasteiger partial charge in [-0.2, -0.15) is 0 Å². The molecule has 0 aliphatic heterocycles. The monoisotopic (exact) mass is 245 g/mol. The highest BCUT2D eigenvalue weighted by molar-refractivity contribution is 5.79. The number of nitrogens with one attached hydrogen (secondary N) is 2. The molecule has 1 unspecified atom stereocenters. The molecule has 4 N–H and O–H groups in total. The lowest BCUT2D eigenvalue weighted by Gasteiger charge is -2.20. The van der Waals surface area contributed by atoms with E-state index in [0.29, 0.717) is 19.5 Å². The Labute approximate surface area is 102 Å². The van der Waals surface area contributed by atoms with Crippen LogP contribution in [-0.2, 0) is 9.53 Å². The van der Waals surface area contributed by atoms with Crippen LogP contribution in [0.25, 0.3) is 0 Å². The molecule has 1 atom stereocenters. The molecule has 17 heavy (non-hydrogen) atoms. The Hall–Kier alpha value is -1.30. The fourth-order valence-electron chi connectivity index (χ4n) is 1.17. The molecule has 0 radical (unpaired) electrons. The largest absolute Gasteiger partial charge is 0.444 e. The number of nitrogens with two attached hydrogens (primary N) is 1. The van der Waals surface area contributed by atoms with Crippen LogP contribution < -0.4 is 16.4 Å². The summed E-state index contributed by atoms with van der Waals surface area (Å²) in [6, 6.07) is -0.351. The van der Waals surface area contributed by atoms with Gasteiger partial charge in [0.25, 0.3) is 0 Å². The molecule has 0 rings (SSSR count). The average Bonchev–Trinajstić information content (AvgIpc) is 2.14. The van der Waals surface area contributed by atoms with Crippen molar-refractivity contribution in [2.45, 2.75) is 45.8 Å². The Morgan fingerprint density at radius 3 is 2.29 bits per heavy atom. The molecule has 0 aromatic rings. The molecule has 2 amide bonds. The highest BCUT2D eigenvalue weighted by Gasteiger charge is 2.16. The molecule has 6 nitrogen and oxygen atoms in total. The zero-order valence-corrected chi connectivity index (χ0v) is 11.0. The topological polar surface area (TPSA) is 93.4 Å². The molecule has 0 aromatic heterocycles. The SMILES string of the molecule is CCC(NCCNC(=O)OC(C)(C)C)C(N)=O. The maximum absolute atomic E-state index is 11.3. The molecule has 6 heteroatoms. The van der Waals surface area contributed by atoms with E-state index in [1.807, 2.05) is 6.92 Å². The molecule has 0 aliphatic rings. The third kappa shape index (κ3) is 8.50. The first-order chi connectivity index (χ1) is 7.76. The molecule has 0 saturated heterocycles. The third-order valence-corrected chi connectivity index (χ3v) is 1.94. The van der Waals surface area contributed by atoms with E-state index in [0.717, 1.165) is 0 Å². The molecule has 0 bridgehead atoms. The van der Waals surface area contributed by atoms with Crippen molar-refractivity contribution >= 4 is 12.0 Å². The van der Waals surface area contributed by atoms with Crippen LogP contribution in [0.5, 0.6) is 0 Å². The number of alkyl carbamates (subject to hydrolysis) is 1. The molecule has 0 heterocycles. The van der Waals surface area contributed by atoms with Crippen LogP contribution in [0, 0.1) is 0 Å². The summed E-state index contributed by atoms with van der Waals surface area (Å²) >= 11 is 0. The zero-order valence-electron chi connectivity index (χ0n) is 11.0. The third-order valence-electron chi connectivity index (χ3n) is 1.94. The molecule has 0 spiro atoms. The first-order valence-electron chi connectivity index (χ1n) is 5.75. The summed E-state index contributed by atoms with van der Waals surface area (Å²) in [6.45, 7) is 8.12. The second-order valence-electron chi connectivity index (χ2n) is 4.75. The maximum Gasteiger partial charge on any atom is 0.407 e. The van der Waals surface area contributed by atoms with Crippen molar-refractivity contribution in [3.8, 4) is 0 Å². The second kappa shape index (κ2) is 7.11. The van der Waals surface area contributed by atoms with Crippen LogP contribution in [-0.4, -0.2) is 36.7 Å². The van der Waals surface area contributed by atoms with Crippen molar-refractivity contribution in [2.24, 2.45) is 5.73 Å². The number of hydrogen-bond donors (Lipinski definition) is 3. The van der Waals surface area contributed by atoms with Gasteiger partial charge in [0.05, 0.1) is 6.04 Å². The summed E-state index contributed by atoms with van der Waals surface area (Å²) in [5, 5.41) is 5.52. The summed E-state index contributed by atoms with van der Waals surface area (Å²) < 4.78 is 5.05. The predicted molar refractivity (Wildman–Crippen MR) is 65.5 cm³/mol. The lowest BCUT2D eigenvalue weighted by Crippen LogP contribution is -2.44. The maximum atomic E-state index is 11.3. The van der Waals surface area contributed by atoms with E-state index in [4.69, 9.17) is 10.5 Å². The van der Waals surface area contributed by atoms with Gasteiger partial charge in [-0.15, -0.1) is 0 Å². The number of primary amides is 1. The number of ether oxygens (including phenoxy) is 1. The van der Waals surface area contributed by atoms with Gasteiger partial charge in [0.1, 0.15) is 5.60 Å². The Morgan fingerprint density at radius 2 is 1.88 bits per heavy atom. The smallest absolute Gasteiger partial charge is 0.407 e. The molecule has 0 aliphatic carbocycles. The summed E-state index contributed by atoms with van der Waals surface area (Å²) in [5.74, 6) is -0.384. The van der Waals surface area contributed by atoms with Gasteiger partial charge in [-0.05, 0) is 27.2 Å². The minimum absolute atomic E-state index is 0.351. The van der Waals surface area contributed by atoms with E-state index in [9.17, 15) is 9.59 Å². The lowest BCUT2D eigenvalue weighted by molar-refractivity contribution is -0.120. The predicted octanol–water partition coefficient (Wildman–Crippen LogP) is 0.365. The second-order valence-corrected chi connectivity index (χ2v) is 4.75. The highest BCUT2D eigenvalue weighted by atomic mass is 16.6. The minimum Gasteiger partial charge on any atom is -0.444 e. The average molecular weight is 245 g/mol. The first kappa shape index (κ1) is 15.7. The number of amides is 2. The van der Waals surface area contributed by atoms with Gasteiger partial charge >= 0.3 is 6.09 Å². The van der Waals surface area contributed by atoms with Crippen LogP contribution in [0.15, 0.2) is 0 Å². The van der Waals surface area contributed by atoms with Crippen LogP contribution in [0.2, 0.25) is 0 Å². The molecule has 0 saturated carbocycles. The van der Waals surface area contributed by atoms with Crippen molar-refractivity contribution in [1.29, 1.82) is 0 Å². The van der Waals surface area contributed by atoms with E-state index in [-0.39, 0.29) is 11.9 Å². The normalized spacial score (nSPS) is 12.9. The molecule has 0 fully saturated rings. The molecular formula is C11H23N3O3. The van der Waals surface area contributed by atoms with Crippen LogP contribution in [0.4, 0.5) is 4.79 Å². The van der Waals surface area contributed by atoms with Crippen molar-refractivity contribution in [3.05, 3.63) is 0 Å². The van der Waals surface area contributed by atoms with Gasteiger partial charge in [-0.1, -0.05) is 6.92 Å². The van der Waals surface area contributed by atoms with Crippen molar-refractivity contribution < 1.29 is 14.3 Å². The minimum atomic E-state index is -0.503. The van der Waals surface area contributed by atoms with Gasteiger partial charge in [-0.25, -0.2) is 4.79 Å². The van der Waals surface area contributed by atoms with Gasteiger partial charge in [0, 0.05) is 13.1 Å². The van der Waals surface area contributed by atoms with Crippen LogP contribution >= 0.6 is 0 Å². The molecule has 100 valence electrons. The Morgan fingerprint density at radius 1 is 1.29 bits per heavy atom.